The number of aliphatic hydroxyl groups excluding tert-OH is 1. The highest BCUT2D eigenvalue weighted by molar-refractivity contribution is 5.64. The molecular weight excluding hydrogens is 174 g/mol. The smallest absolute Gasteiger partial charge is 0.404 e. The second kappa shape index (κ2) is 4.43. The van der Waals surface area contributed by atoms with Gasteiger partial charge in [0.05, 0.1) is 18.8 Å². The van der Waals surface area contributed by atoms with E-state index in [0.717, 1.165) is 6.42 Å². The summed E-state index contributed by atoms with van der Waals surface area (Å²) in [7, 11) is 0. The molecule has 5 nitrogen and oxygen atoms in total. The van der Waals surface area contributed by atoms with E-state index in [9.17, 15) is 9.90 Å². The van der Waals surface area contributed by atoms with Gasteiger partial charge in [0.25, 0.3) is 0 Å². The Hall–Kier alpha value is -0.810. The summed E-state index contributed by atoms with van der Waals surface area (Å²) in [4.78, 5) is 10.3. The van der Waals surface area contributed by atoms with Crippen molar-refractivity contribution in [3.05, 3.63) is 0 Å². The van der Waals surface area contributed by atoms with Gasteiger partial charge in [-0.15, -0.1) is 0 Å². The van der Waals surface area contributed by atoms with Crippen molar-refractivity contribution in [2.75, 3.05) is 13.2 Å². The number of ether oxygens (including phenoxy) is 1. The van der Waals surface area contributed by atoms with Gasteiger partial charge < -0.3 is 20.3 Å². The number of hydrogen-bond acceptors (Lipinski definition) is 3. The summed E-state index contributed by atoms with van der Waals surface area (Å²) in [6.07, 6.45) is -0.962. The van der Waals surface area contributed by atoms with E-state index in [1.165, 1.54) is 0 Å². The Morgan fingerprint density at radius 2 is 2.38 bits per heavy atom. The summed E-state index contributed by atoms with van der Waals surface area (Å²) in [6.45, 7) is 2.82. The predicted molar refractivity (Wildman–Crippen MR) is 45.6 cm³/mol. The van der Waals surface area contributed by atoms with Crippen LogP contribution in [0.1, 0.15) is 13.3 Å². The average molecular weight is 189 g/mol. The Bertz CT molecular complexity index is 179. The lowest BCUT2D eigenvalue weighted by molar-refractivity contribution is 0.0638. The minimum absolute atomic E-state index is 0.0573. The zero-order valence-electron chi connectivity index (χ0n) is 7.56. The van der Waals surface area contributed by atoms with Crippen molar-refractivity contribution in [1.29, 1.82) is 0 Å². The van der Waals surface area contributed by atoms with Gasteiger partial charge in [0, 0.05) is 12.5 Å². The van der Waals surface area contributed by atoms with Crippen LogP contribution in [0.4, 0.5) is 4.79 Å². The van der Waals surface area contributed by atoms with Crippen LogP contribution in [-0.2, 0) is 4.74 Å². The molecule has 3 N–H and O–H groups in total. The fourth-order valence-electron chi connectivity index (χ4n) is 1.51. The summed E-state index contributed by atoms with van der Waals surface area (Å²) in [5, 5.41) is 20.3. The van der Waals surface area contributed by atoms with Crippen LogP contribution < -0.4 is 5.32 Å². The number of amides is 1. The van der Waals surface area contributed by atoms with Gasteiger partial charge in [-0.25, -0.2) is 4.79 Å². The van der Waals surface area contributed by atoms with Crippen molar-refractivity contribution in [1.82, 2.24) is 5.32 Å². The van der Waals surface area contributed by atoms with Crippen LogP contribution in [0.15, 0.2) is 0 Å². The molecule has 0 aliphatic carbocycles. The largest absolute Gasteiger partial charge is 0.465 e. The zero-order chi connectivity index (χ0) is 9.84. The summed E-state index contributed by atoms with van der Waals surface area (Å²) in [5.74, 6) is 0.0573. The maximum atomic E-state index is 10.3. The number of carboxylic acid groups (broad SMARTS) is 1. The van der Waals surface area contributed by atoms with Crippen molar-refractivity contribution in [3.8, 4) is 0 Å². The maximum Gasteiger partial charge on any atom is 0.404 e. The number of rotatable bonds is 3. The molecule has 3 unspecified atom stereocenters. The van der Waals surface area contributed by atoms with Crippen molar-refractivity contribution < 1.29 is 19.7 Å². The third-order valence-corrected chi connectivity index (χ3v) is 2.31. The third kappa shape index (κ3) is 2.86. The molecule has 1 saturated heterocycles. The third-order valence-electron chi connectivity index (χ3n) is 2.31. The Balaban J connectivity index is 2.36. The van der Waals surface area contributed by atoms with Gasteiger partial charge in [0.1, 0.15) is 0 Å². The van der Waals surface area contributed by atoms with E-state index in [4.69, 9.17) is 9.84 Å². The lowest BCUT2D eigenvalue weighted by Crippen LogP contribution is -2.44. The van der Waals surface area contributed by atoms with Crippen LogP contribution in [0.2, 0.25) is 0 Å². The Kier molecular flexibility index (Phi) is 3.50. The van der Waals surface area contributed by atoms with Crippen LogP contribution >= 0.6 is 0 Å². The molecule has 1 rings (SSSR count). The Labute approximate surface area is 76.7 Å². The van der Waals surface area contributed by atoms with Gasteiger partial charge in [0.2, 0.25) is 0 Å². The SMILES string of the molecule is CC(NC(=O)O)C(O)C1CCOC1. The van der Waals surface area contributed by atoms with E-state index in [1.807, 2.05) is 0 Å². The molecule has 13 heavy (non-hydrogen) atoms. The number of hydrogen-bond donors (Lipinski definition) is 3. The van der Waals surface area contributed by atoms with Crippen molar-refractivity contribution >= 4 is 6.09 Å². The molecule has 3 atom stereocenters. The monoisotopic (exact) mass is 189 g/mol. The predicted octanol–water partition coefficient (Wildman–Crippen LogP) is 0.0399. The number of carbonyl (C=O) groups is 1. The number of aliphatic hydroxyl groups is 1. The summed E-state index contributed by atoms with van der Waals surface area (Å²) < 4.78 is 5.10. The second-order valence-corrected chi connectivity index (χ2v) is 3.35. The molecule has 0 aromatic rings. The van der Waals surface area contributed by atoms with Crippen LogP contribution in [0, 0.1) is 5.92 Å². The molecule has 1 aliphatic heterocycles. The molecule has 1 aliphatic rings. The standard InChI is InChI=1S/C8H15NO4/c1-5(9-8(11)12)7(10)6-2-3-13-4-6/h5-7,9-10H,2-4H2,1H3,(H,11,12). The van der Waals surface area contributed by atoms with Gasteiger partial charge in [-0.05, 0) is 13.3 Å². The van der Waals surface area contributed by atoms with Crippen LogP contribution in [0.5, 0.6) is 0 Å². The van der Waals surface area contributed by atoms with Crippen LogP contribution in [0.3, 0.4) is 0 Å². The average Bonchev–Trinajstić information content (AvgIpc) is 2.53. The molecule has 1 fully saturated rings. The normalized spacial score (nSPS) is 26.8. The van der Waals surface area contributed by atoms with Gasteiger partial charge in [0.15, 0.2) is 0 Å². The van der Waals surface area contributed by atoms with E-state index in [-0.39, 0.29) is 5.92 Å². The highest BCUT2D eigenvalue weighted by atomic mass is 16.5. The van der Waals surface area contributed by atoms with E-state index < -0.39 is 18.2 Å². The molecule has 0 radical (unpaired) electrons. The molecule has 1 heterocycles. The van der Waals surface area contributed by atoms with E-state index in [1.54, 1.807) is 6.92 Å². The van der Waals surface area contributed by atoms with Crippen LogP contribution in [-0.4, -0.2) is 41.7 Å². The first-order valence-electron chi connectivity index (χ1n) is 4.36. The van der Waals surface area contributed by atoms with Crippen molar-refractivity contribution in [3.63, 3.8) is 0 Å². The quantitative estimate of drug-likeness (QED) is 0.585. The van der Waals surface area contributed by atoms with Gasteiger partial charge >= 0.3 is 6.09 Å². The number of nitrogens with one attached hydrogen (secondary N) is 1. The molecule has 5 heteroatoms. The molecule has 1 amide bonds. The summed E-state index contributed by atoms with van der Waals surface area (Å²) in [5.41, 5.74) is 0. The highest BCUT2D eigenvalue weighted by Crippen LogP contribution is 2.18. The van der Waals surface area contributed by atoms with E-state index in [0.29, 0.717) is 13.2 Å². The summed E-state index contributed by atoms with van der Waals surface area (Å²) in [6, 6.07) is -0.441. The molecule has 0 spiro atoms. The lowest BCUT2D eigenvalue weighted by Gasteiger charge is -2.22. The lowest BCUT2D eigenvalue weighted by atomic mass is 9.96. The highest BCUT2D eigenvalue weighted by Gasteiger charge is 2.28. The molecule has 0 bridgehead atoms. The van der Waals surface area contributed by atoms with Crippen molar-refractivity contribution in [2.45, 2.75) is 25.5 Å². The fraction of sp³-hybridized carbons (Fsp3) is 0.875. The zero-order valence-corrected chi connectivity index (χ0v) is 7.56. The molecule has 0 aromatic heterocycles. The molecule has 76 valence electrons. The van der Waals surface area contributed by atoms with Gasteiger partial charge in [-0.1, -0.05) is 0 Å². The first-order valence-corrected chi connectivity index (χ1v) is 4.36. The Morgan fingerprint density at radius 3 is 2.85 bits per heavy atom. The minimum Gasteiger partial charge on any atom is -0.465 e. The topological polar surface area (TPSA) is 78.8 Å². The van der Waals surface area contributed by atoms with Gasteiger partial charge in [-0.2, -0.15) is 0 Å². The maximum absolute atomic E-state index is 10.3. The first-order chi connectivity index (χ1) is 6.11. The minimum atomic E-state index is -1.11. The molecule has 0 aromatic carbocycles. The van der Waals surface area contributed by atoms with E-state index in [2.05, 4.69) is 5.32 Å². The molecular formula is C8H15NO4. The van der Waals surface area contributed by atoms with E-state index >= 15 is 0 Å². The fourth-order valence-corrected chi connectivity index (χ4v) is 1.51. The molecule has 0 saturated carbocycles. The Morgan fingerprint density at radius 1 is 1.69 bits per heavy atom. The first kappa shape index (κ1) is 10.3. The van der Waals surface area contributed by atoms with Crippen LogP contribution in [0.25, 0.3) is 0 Å². The van der Waals surface area contributed by atoms with Gasteiger partial charge in [-0.3, -0.25) is 0 Å². The summed E-state index contributed by atoms with van der Waals surface area (Å²) >= 11 is 0. The second-order valence-electron chi connectivity index (χ2n) is 3.35. The van der Waals surface area contributed by atoms with Crippen molar-refractivity contribution in [2.24, 2.45) is 5.92 Å².